The lowest BCUT2D eigenvalue weighted by atomic mass is 10.2. The molecule has 0 saturated heterocycles. The van der Waals surface area contributed by atoms with Gasteiger partial charge in [-0.05, 0) is 12.1 Å². The lowest BCUT2D eigenvalue weighted by Crippen LogP contribution is -2.13. The Kier molecular flexibility index (Phi) is 3.21. The molecular formula is C10H14ClFN2. The molecule has 0 N–H and O–H groups in total. The highest BCUT2D eigenvalue weighted by atomic mass is 35.5. The van der Waals surface area contributed by atoms with Crippen molar-refractivity contribution in [1.82, 2.24) is 0 Å². The number of benzene rings is 1. The summed E-state index contributed by atoms with van der Waals surface area (Å²) < 4.78 is 13.4. The average molecular weight is 217 g/mol. The molecule has 0 heterocycles. The van der Waals surface area contributed by atoms with Crippen LogP contribution in [0.25, 0.3) is 0 Å². The fraction of sp³-hybridized carbons (Fsp3) is 0.400. The van der Waals surface area contributed by atoms with Gasteiger partial charge in [0.25, 0.3) is 0 Å². The topological polar surface area (TPSA) is 6.48 Å². The van der Waals surface area contributed by atoms with Gasteiger partial charge in [0, 0.05) is 33.9 Å². The van der Waals surface area contributed by atoms with Crippen LogP contribution in [0.2, 0.25) is 5.02 Å². The van der Waals surface area contributed by atoms with Crippen LogP contribution in [0.5, 0.6) is 0 Å². The van der Waals surface area contributed by atoms with Crippen LogP contribution in [0.4, 0.5) is 15.8 Å². The summed E-state index contributed by atoms with van der Waals surface area (Å²) in [5.74, 6) is -0.387. The van der Waals surface area contributed by atoms with Gasteiger partial charge in [0.1, 0.15) is 5.82 Å². The van der Waals surface area contributed by atoms with Gasteiger partial charge < -0.3 is 9.80 Å². The third-order valence-corrected chi connectivity index (χ3v) is 2.37. The molecule has 1 aromatic rings. The van der Waals surface area contributed by atoms with Crippen LogP contribution in [-0.4, -0.2) is 28.2 Å². The predicted molar refractivity (Wildman–Crippen MR) is 60.1 cm³/mol. The van der Waals surface area contributed by atoms with Crippen LogP contribution in [0.1, 0.15) is 0 Å². The summed E-state index contributed by atoms with van der Waals surface area (Å²) >= 11 is 5.83. The average Bonchev–Trinajstić information content (AvgIpc) is 2.08. The largest absolute Gasteiger partial charge is 0.378 e. The Morgan fingerprint density at radius 2 is 1.64 bits per heavy atom. The van der Waals surface area contributed by atoms with E-state index in [0.29, 0.717) is 5.69 Å². The minimum atomic E-state index is -0.387. The van der Waals surface area contributed by atoms with Crippen molar-refractivity contribution in [2.75, 3.05) is 38.0 Å². The molecule has 0 aromatic heterocycles. The van der Waals surface area contributed by atoms with E-state index in [2.05, 4.69) is 0 Å². The molecule has 14 heavy (non-hydrogen) atoms. The summed E-state index contributed by atoms with van der Waals surface area (Å²) in [5.41, 5.74) is 1.49. The van der Waals surface area contributed by atoms with Gasteiger partial charge in [0.2, 0.25) is 0 Å². The van der Waals surface area contributed by atoms with Crippen molar-refractivity contribution in [2.45, 2.75) is 0 Å². The number of anilines is 2. The summed E-state index contributed by atoms with van der Waals surface area (Å²) in [5, 5.41) is 0.167. The predicted octanol–water partition coefficient (Wildman–Crippen LogP) is 2.61. The molecule has 0 spiro atoms. The molecule has 1 aromatic carbocycles. The first-order valence-electron chi connectivity index (χ1n) is 4.27. The zero-order valence-corrected chi connectivity index (χ0v) is 9.56. The molecule has 0 aliphatic heterocycles. The zero-order valence-electron chi connectivity index (χ0n) is 8.81. The molecule has 78 valence electrons. The second kappa shape index (κ2) is 4.05. The van der Waals surface area contributed by atoms with Crippen LogP contribution in [-0.2, 0) is 0 Å². The number of rotatable bonds is 2. The molecular weight excluding hydrogens is 203 g/mol. The molecule has 0 aliphatic rings. The highest BCUT2D eigenvalue weighted by Crippen LogP contribution is 2.31. The van der Waals surface area contributed by atoms with Gasteiger partial charge in [0.15, 0.2) is 0 Å². The maximum absolute atomic E-state index is 13.4. The van der Waals surface area contributed by atoms with Gasteiger partial charge in [-0.3, -0.25) is 0 Å². The summed E-state index contributed by atoms with van der Waals surface area (Å²) in [4.78, 5) is 3.63. The fourth-order valence-corrected chi connectivity index (χ4v) is 1.42. The molecule has 2 nitrogen and oxygen atoms in total. The van der Waals surface area contributed by atoms with Crippen molar-refractivity contribution in [3.63, 3.8) is 0 Å². The van der Waals surface area contributed by atoms with E-state index in [1.165, 1.54) is 6.07 Å². The van der Waals surface area contributed by atoms with Crippen molar-refractivity contribution in [1.29, 1.82) is 0 Å². The van der Waals surface area contributed by atoms with Crippen LogP contribution in [0.15, 0.2) is 12.1 Å². The van der Waals surface area contributed by atoms with Gasteiger partial charge in [-0.1, -0.05) is 11.6 Å². The van der Waals surface area contributed by atoms with E-state index in [1.807, 2.05) is 39.2 Å². The number of nitrogens with zero attached hydrogens (tertiary/aromatic N) is 2. The maximum atomic E-state index is 13.4. The number of halogens is 2. The molecule has 1 rings (SSSR count). The quantitative estimate of drug-likeness (QED) is 0.750. The third kappa shape index (κ3) is 2.10. The summed E-state index contributed by atoms with van der Waals surface area (Å²) in [6, 6.07) is 3.28. The summed E-state index contributed by atoms with van der Waals surface area (Å²) in [6.45, 7) is 0. The third-order valence-electron chi connectivity index (χ3n) is 1.99. The smallest absolute Gasteiger partial charge is 0.145 e. The maximum Gasteiger partial charge on any atom is 0.145 e. The molecule has 0 radical (unpaired) electrons. The Hall–Kier alpha value is -0.960. The van der Waals surface area contributed by atoms with Gasteiger partial charge in [-0.2, -0.15) is 0 Å². The van der Waals surface area contributed by atoms with E-state index < -0.39 is 0 Å². The Balaban J connectivity index is 3.28. The van der Waals surface area contributed by atoms with Crippen LogP contribution in [0, 0.1) is 5.82 Å². The lowest BCUT2D eigenvalue weighted by molar-refractivity contribution is 0.628. The summed E-state index contributed by atoms with van der Waals surface area (Å²) in [7, 11) is 7.39. The molecule has 0 atom stereocenters. The first-order chi connectivity index (χ1) is 6.43. The molecule has 0 saturated carbocycles. The van der Waals surface area contributed by atoms with Gasteiger partial charge in [-0.15, -0.1) is 0 Å². The fourth-order valence-electron chi connectivity index (χ4n) is 1.14. The monoisotopic (exact) mass is 216 g/mol. The van der Waals surface area contributed by atoms with E-state index in [1.54, 1.807) is 4.90 Å². The molecule has 4 heteroatoms. The van der Waals surface area contributed by atoms with Gasteiger partial charge in [-0.25, -0.2) is 4.39 Å². The van der Waals surface area contributed by atoms with E-state index in [4.69, 9.17) is 11.6 Å². The van der Waals surface area contributed by atoms with Crippen molar-refractivity contribution in [2.24, 2.45) is 0 Å². The Morgan fingerprint density at radius 1 is 1.07 bits per heavy atom. The van der Waals surface area contributed by atoms with E-state index in [-0.39, 0.29) is 10.8 Å². The van der Waals surface area contributed by atoms with Crippen molar-refractivity contribution >= 4 is 23.0 Å². The molecule has 0 unspecified atom stereocenters. The van der Waals surface area contributed by atoms with Gasteiger partial charge >= 0.3 is 0 Å². The van der Waals surface area contributed by atoms with Crippen LogP contribution in [0.3, 0.4) is 0 Å². The minimum Gasteiger partial charge on any atom is -0.378 e. The molecule has 0 bridgehead atoms. The lowest BCUT2D eigenvalue weighted by Gasteiger charge is -2.19. The number of hydrogen-bond donors (Lipinski definition) is 0. The van der Waals surface area contributed by atoms with Crippen molar-refractivity contribution in [3.05, 3.63) is 23.0 Å². The Morgan fingerprint density at radius 3 is 2.07 bits per heavy atom. The Bertz CT molecular complexity index is 337. The van der Waals surface area contributed by atoms with Crippen LogP contribution < -0.4 is 9.80 Å². The van der Waals surface area contributed by atoms with Crippen molar-refractivity contribution in [3.8, 4) is 0 Å². The highest BCUT2D eigenvalue weighted by molar-refractivity contribution is 6.33. The standard InChI is InChI=1S/C10H14ClFN2/c1-13(2)7-5-8(12)10(11)9(6-7)14(3)4/h5-6H,1-4H3. The van der Waals surface area contributed by atoms with E-state index in [0.717, 1.165) is 5.69 Å². The second-order valence-electron chi connectivity index (χ2n) is 3.55. The highest BCUT2D eigenvalue weighted by Gasteiger charge is 2.11. The van der Waals surface area contributed by atoms with E-state index in [9.17, 15) is 4.39 Å². The van der Waals surface area contributed by atoms with Gasteiger partial charge in [0.05, 0.1) is 10.7 Å². The van der Waals surface area contributed by atoms with E-state index >= 15 is 0 Å². The normalized spacial score (nSPS) is 10.1. The van der Waals surface area contributed by atoms with Crippen molar-refractivity contribution < 1.29 is 4.39 Å². The Labute approximate surface area is 88.9 Å². The van der Waals surface area contributed by atoms with Crippen LogP contribution >= 0.6 is 11.6 Å². The first kappa shape index (κ1) is 11.1. The SMILES string of the molecule is CN(C)c1cc(F)c(Cl)c(N(C)C)c1. The first-order valence-corrected chi connectivity index (χ1v) is 4.65. The summed E-state index contributed by atoms with van der Waals surface area (Å²) in [6.07, 6.45) is 0. The molecule has 0 aliphatic carbocycles. The second-order valence-corrected chi connectivity index (χ2v) is 3.93. The minimum absolute atomic E-state index is 0.167. The zero-order chi connectivity index (χ0) is 10.9. The molecule has 0 amide bonds. The number of hydrogen-bond acceptors (Lipinski definition) is 2. The molecule has 0 fully saturated rings.